The molecule has 7 nitrogen and oxygen atoms in total. The summed E-state index contributed by atoms with van der Waals surface area (Å²) in [5.41, 5.74) is 2.69. The van der Waals surface area contributed by atoms with E-state index in [1.54, 1.807) is 24.1 Å². The highest BCUT2D eigenvalue weighted by Crippen LogP contribution is 2.19. The van der Waals surface area contributed by atoms with Crippen LogP contribution in [0.4, 0.5) is 4.39 Å². The lowest BCUT2D eigenvalue weighted by molar-refractivity contribution is -0.139. The Kier molecular flexibility index (Phi) is 7.32. The van der Waals surface area contributed by atoms with Crippen molar-refractivity contribution >= 4 is 17.7 Å². The highest BCUT2D eigenvalue weighted by molar-refractivity contribution is 6.02. The van der Waals surface area contributed by atoms with Crippen LogP contribution in [0.2, 0.25) is 0 Å². The van der Waals surface area contributed by atoms with E-state index in [-0.39, 0.29) is 49.3 Å². The van der Waals surface area contributed by atoms with Crippen molar-refractivity contribution in [2.24, 2.45) is 0 Å². The lowest BCUT2D eigenvalue weighted by Gasteiger charge is -2.19. The van der Waals surface area contributed by atoms with Gasteiger partial charge in [-0.15, -0.1) is 0 Å². The first-order valence-electron chi connectivity index (χ1n) is 10.3. The van der Waals surface area contributed by atoms with Crippen LogP contribution in [0.5, 0.6) is 0 Å². The largest absolute Gasteiger partial charge is 0.346 e. The zero-order valence-corrected chi connectivity index (χ0v) is 17.2. The van der Waals surface area contributed by atoms with E-state index in [1.165, 1.54) is 17.0 Å². The van der Waals surface area contributed by atoms with Crippen molar-refractivity contribution in [3.8, 4) is 11.3 Å². The molecule has 30 heavy (non-hydrogen) atoms. The minimum atomic E-state index is -0.268. The maximum absolute atomic E-state index is 13.0. The molecular weight excluding hydrogens is 387 g/mol. The van der Waals surface area contributed by atoms with Crippen LogP contribution in [-0.4, -0.2) is 57.9 Å². The number of amides is 3. The Morgan fingerprint density at radius 3 is 2.53 bits per heavy atom. The van der Waals surface area contributed by atoms with Crippen LogP contribution < -0.4 is 0 Å². The van der Waals surface area contributed by atoms with E-state index in [4.69, 9.17) is 0 Å². The molecule has 1 fully saturated rings. The standard InChI is InChI=1S/C22H27FN4O3/c1-26(20(28)12-14-27-21(29)10-11-22(27)30)13-4-2-3-5-18-15-19(25-24-18)16-6-8-17(23)9-7-16/h6-9,15H,2-5,10-14H2,1H3,(H,24,25). The lowest BCUT2D eigenvalue weighted by Crippen LogP contribution is -2.35. The molecule has 160 valence electrons. The number of likely N-dealkylation sites (tertiary alicyclic amines) is 1. The monoisotopic (exact) mass is 414 g/mol. The first-order valence-corrected chi connectivity index (χ1v) is 10.3. The summed E-state index contributed by atoms with van der Waals surface area (Å²) < 4.78 is 13.0. The number of hydrogen-bond acceptors (Lipinski definition) is 4. The van der Waals surface area contributed by atoms with Gasteiger partial charge in [-0.2, -0.15) is 5.10 Å². The van der Waals surface area contributed by atoms with Gasteiger partial charge in [0.1, 0.15) is 5.82 Å². The fourth-order valence-electron chi connectivity index (χ4n) is 3.49. The second kappa shape index (κ2) is 10.1. The number of carbonyl (C=O) groups excluding carboxylic acids is 3. The van der Waals surface area contributed by atoms with Crippen molar-refractivity contribution in [2.75, 3.05) is 20.1 Å². The minimum Gasteiger partial charge on any atom is -0.346 e. The Balaban J connectivity index is 1.32. The third-order valence-electron chi connectivity index (χ3n) is 5.34. The van der Waals surface area contributed by atoms with Crippen LogP contribution in [0.25, 0.3) is 11.3 Å². The predicted octanol–water partition coefficient (Wildman–Crippen LogP) is 2.93. The molecule has 0 aliphatic carbocycles. The summed E-state index contributed by atoms with van der Waals surface area (Å²) in [6.07, 6.45) is 4.34. The van der Waals surface area contributed by atoms with Crippen molar-refractivity contribution in [1.29, 1.82) is 0 Å². The van der Waals surface area contributed by atoms with Crippen LogP contribution in [0.1, 0.15) is 44.2 Å². The normalized spacial score (nSPS) is 13.9. The number of nitrogens with one attached hydrogen (secondary N) is 1. The van der Waals surface area contributed by atoms with E-state index >= 15 is 0 Å². The molecule has 0 bridgehead atoms. The molecule has 0 saturated carbocycles. The Labute approximate surface area is 175 Å². The number of H-pyrrole nitrogens is 1. The predicted molar refractivity (Wildman–Crippen MR) is 110 cm³/mol. The summed E-state index contributed by atoms with van der Waals surface area (Å²) >= 11 is 0. The first-order chi connectivity index (χ1) is 14.4. The maximum atomic E-state index is 13.0. The molecule has 1 saturated heterocycles. The SMILES string of the molecule is CN(CCCCCc1cc(-c2ccc(F)cc2)n[nH]1)C(=O)CCN1C(=O)CCC1=O. The van der Waals surface area contributed by atoms with Crippen molar-refractivity contribution in [3.63, 3.8) is 0 Å². The lowest BCUT2D eigenvalue weighted by atomic mass is 10.1. The van der Waals surface area contributed by atoms with Gasteiger partial charge in [0.25, 0.3) is 0 Å². The molecule has 0 atom stereocenters. The van der Waals surface area contributed by atoms with Gasteiger partial charge in [0.2, 0.25) is 17.7 Å². The summed E-state index contributed by atoms with van der Waals surface area (Å²) in [6, 6.07) is 8.23. The van der Waals surface area contributed by atoms with E-state index in [2.05, 4.69) is 10.2 Å². The van der Waals surface area contributed by atoms with Gasteiger partial charge < -0.3 is 4.90 Å². The summed E-state index contributed by atoms with van der Waals surface area (Å²) in [5, 5.41) is 7.30. The highest BCUT2D eigenvalue weighted by Gasteiger charge is 2.29. The molecule has 0 spiro atoms. The summed E-state index contributed by atoms with van der Waals surface area (Å²) in [7, 11) is 1.75. The molecular formula is C22H27FN4O3. The third kappa shape index (κ3) is 5.75. The number of halogens is 1. The molecule has 1 aromatic heterocycles. The van der Waals surface area contributed by atoms with Gasteiger partial charge in [-0.3, -0.25) is 24.4 Å². The number of aromatic nitrogens is 2. The van der Waals surface area contributed by atoms with Crippen molar-refractivity contribution < 1.29 is 18.8 Å². The Morgan fingerprint density at radius 2 is 1.83 bits per heavy atom. The number of aromatic amines is 1. The maximum Gasteiger partial charge on any atom is 0.229 e. The van der Waals surface area contributed by atoms with Gasteiger partial charge in [0, 0.05) is 50.7 Å². The van der Waals surface area contributed by atoms with Gasteiger partial charge in [-0.1, -0.05) is 6.42 Å². The molecule has 0 radical (unpaired) electrons. The highest BCUT2D eigenvalue weighted by atomic mass is 19.1. The van der Waals surface area contributed by atoms with Gasteiger partial charge in [0.15, 0.2) is 0 Å². The molecule has 0 unspecified atom stereocenters. The second-order valence-electron chi connectivity index (χ2n) is 7.60. The van der Waals surface area contributed by atoms with E-state index < -0.39 is 0 Å². The van der Waals surface area contributed by atoms with Crippen molar-refractivity contribution in [1.82, 2.24) is 20.0 Å². The van der Waals surface area contributed by atoms with Gasteiger partial charge in [0.05, 0.1) is 5.69 Å². The molecule has 1 aliphatic heterocycles. The number of benzene rings is 1. The van der Waals surface area contributed by atoms with E-state index in [9.17, 15) is 18.8 Å². The van der Waals surface area contributed by atoms with Crippen LogP contribution in [0.3, 0.4) is 0 Å². The smallest absolute Gasteiger partial charge is 0.229 e. The Bertz CT molecular complexity index is 878. The molecule has 3 rings (SSSR count). The van der Waals surface area contributed by atoms with E-state index in [1.807, 2.05) is 6.07 Å². The molecule has 2 aromatic rings. The average Bonchev–Trinajstić information content (AvgIpc) is 3.33. The zero-order valence-electron chi connectivity index (χ0n) is 17.2. The average molecular weight is 414 g/mol. The molecule has 1 aliphatic rings. The quantitative estimate of drug-likeness (QED) is 0.478. The summed E-state index contributed by atoms with van der Waals surface area (Å²) in [6.45, 7) is 0.821. The minimum absolute atomic E-state index is 0.0555. The van der Waals surface area contributed by atoms with Gasteiger partial charge >= 0.3 is 0 Å². The Hall–Kier alpha value is -3.03. The van der Waals surface area contributed by atoms with E-state index in [0.717, 1.165) is 42.6 Å². The fraction of sp³-hybridized carbons (Fsp3) is 0.455. The van der Waals surface area contributed by atoms with Crippen molar-refractivity contribution in [3.05, 3.63) is 41.8 Å². The molecule has 3 amide bonds. The van der Waals surface area contributed by atoms with E-state index in [0.29, 0.717) is 6.54 Å². The van der Waals surface area contributed by atoms with Gasteiger partial charge in [-0.05, 0) is 49.6 Å². The van der Waals surface area contributed by atoms with Crippen LogP contribution in [-0.2, 0) is 20.8 Å². The first kappa shape index (κ1) is 21.7. The molecule has 2 heterocycles. The number of unbranched alkanes of at least 4 members (excludes halogenated alkanes) is 2. The zero-order chi connectivity index (χ0) is 21.5. The summed E-state index contributed by atoms with van der Waals surface area (Å²) in [4.78, 5) is 38.2. The van der Waals surface area contributed by atoms with Crippen LogP contribution in [0.15, 0.2) is 30.3 Å². The third-order valence-corrected chi connectivity index (χ3v) is 5.34. The number of hydrogen-bond donors (Lipinski definition) is 1. The Morgan fingerprint density at radius 1 is 1.13 bits per heavy atom. The molecule has 8 heteroatoms. The summed E-state index contributed by atoms with van der Waals surface area (Å²) in [5.74, 6) is -0.690. The molecule has 1 N–H and O–H groups in total. The number of carbonyl (C=O) groups is 3. The number of aryl methyl sites for hydroxylation is 1. The fourth-order valence-corrected chi connectivity index (χ4v) is 3.49. The topological polar surface area (TPSA) is 86.4 Å². The number of rotatable bonds is 10. The number of imide groups is 1. The van der Waals surface area contributed by atoms with Gasteiger partial charge in [-0.25, -0.2) is 4.39 Å². The molecule has 1 aromatic carbocycles. The van der Waals surface area contributed by atoms with Crippen LogP contribution >= 0.6 is 0 Å². The van der Waals surface area contributed by atoms with Crippen LogP contribution in [0, 0.1) is 5.82 Å². The number of nitrogens with zero attached hydrogens (tertiary/aromatic N) is 3. The van der Waals surface area contributed by atoms with Crippen molar-refractivity contribution in [2.45, 2.75) is 44.9 Å². The second-order valence-corrected chi connectivity index (χ2v) is 7.60.